The van der Waals surface area contributed by atoms with Gasteiger partial charge in [-0.3, -0.25) is 14.7 Å². The number of nitrogens with one attached hydrogen (secondary N) is 2. The van der Waals surface area contributed by atoms with E-state index >= 15 is 0 Å². The Kier molecular flexibility index (Phi) is 5.37. The molecule has 2 heterocycles. The number of amides is 1. The summed E-state index contributed by atoms with van der Waals surface area (Å²) in [7, 11) is 0. The second kappa shape index (κ2) is 8.11. The number of carbonyl (C=O) groups excluding carboxylic acids is 1. The SMILES string of the molecule is Cc1ccc(NC(=O)CSc2nc(-c3ccc(F)cc3)nc3cc(=O)[nH]n23)cc1C. The molecule has 4 aromatic rings. The summed E-state index contributed by atoms with van der Waals surface area (Å²) in [6.45, 7) is 3.99. The average Bonchev–Trinajstić information content (AvgIpc) is 3.09. The normalized spacial score (nSPS) is 11.0. The monoisotopic (exact) mass is 423 g/mol. The van der Waals surface area contributed by atoms with E-state index in [1.165, 1.54) is 34.5 Å². The Morgan fingerprint density at radius 3 is 2.60 bits per heavy atom. The van der Waals surface area contributed by atoms with Crippen LogP contribution in [0.2, 0.25) is 0 Å². The molecule has 0 saturated carbocycles. The lowest BCUT2D eigenvalue weighted by molar-refractivity contribution is -0.113. The number of carbonyl (C=O) groups is 1. The number of nitrogens with zero attached hydrogens (tertiary/aromatic N) is 3. The molecule has 2 N–H and O–H groups in total. The van der Waals surface area contributed by atoms with Crippen LogP contribution in [0.25, 0.3) is 17.0 Å². The molecule has 7 nitrogen and oxygen atoms in total. The van der Waals surface area contributed by atoms with Crippen molar-refractivity contribution in [3.63, 3.8) is 0 Å². The maximum atomic E-state index is 13.2. The van der Waals surface area contributed by atoms with Crippen molar-refractivity contribution in [3.05, 3.63) is 75.8 Å². The summed E-state index contributed by atoms with van der Waals surface area (Å²) in [5.41, 5.74) is 3.60. The van der Waals surface area contributed by atoms with Gasteiger partial charge in [-0.05, 0) is 61.4 Å². The van der Waals surface area contributed by atoms with E-state index in [0.29, 0.717) is 22.2 Å². The minimum absolute atomic E-state index is 0.0854. The summed E-state index contributed by atoms with van der Waals surface area (Å²) in [5, 5.41) is 5.89. The van der Waals surface area contributed by atoms with E-state index in [1.807, 2.05) is 32.0 Å². The molecule has 152 valence electrons. The summed E-state index contributed by atoms with van der Waals surface area (Å²) < 4.78 is 14.7. The highest BCUT2D eigenvalue weighted by Crippen LogP contribution is 2.22. The van der Waals surface area contributed by atoms with Crippen LogP contribution in [0.3, 0.4) is 0 Å². The highest BCUT2D eigenvalue weighted by molar-refractivity contribution is 7.99. The zero-order chi connectivity index (χ0) is 21.3. The summed E-state index contributed by atoms with van der Waals surface area (Å²) in [6, 6.07) is 12.8. The van der Waals surface area contributed by atoms with Crippen LogP contribution in [-0.4, -0.2) is 31.2 Å². The topological polar surface area (TPSA) is 92.2 Å². The third-order valence-corrected chi connectivity index (χ3v) is 5.49. The molecule has 0 atom stereocenters. The number of fused-ring (bicyclic) bond motifs is 1. The fourth-order valence-electron chi connectivity index (χ4n) is 2.85. The van der Waals surface area contributed by atoms with Crippen molar-refractivity contribution < 1.29 is 9.18 Å². The minimum Gasteiger partial charge on any atom is -0.325 e. The highest BCUT2D eigenvalue weighted by Gasteiger charge is 2.13. The number of aromatic nitrogens is 4. The lowest BCUT2D eigenvalue weighted by Gasteiger charge is -2.09. The van der Waals surface area contributed by atoms with Crippen molar-refractivity contribution in [2.45, 2.75) is 19.0 Å². The molecule has 0 fully saturated rings. The number of aromatic amines is 1. The minimum atomic E-state index is -0.365. The molecule has 2 aromatic heterocycles. The third kappa shape index (κ3) is 4.25. The molecule has 1 amide bonds. The third-order valence-electron chi connectivity index (χ3n) is 4.55. The quantitative estimate of drug-likeness (QED) is 0.479. The Morgan fingerprint density at radius 2 is 1.87 bits per heavy atom. The number of H-pyrrole nitrogens is 1. The standard InChI is InChI=1S/C21H18FN5O2S/c1-12-3-8-16(9-13(12)2)23-19(29)11-30-21-25-20(14-4-6-15(22)7-5-14)24-17-10-18(28)26-27(17)21/h3-10H,11H2,1-2H3,(H,23,29)(H,26,28). The van der Waals surface area contributed by atoms with Gasteiger partial charge in [0.2, 0.25) is 5.91 Å². The van der Waals surface area contributed by atoms with Crippen molar-refractivity contribution in [3.8, 4) is 11.4 Å². The van der Waals surface area contributed by atoms with E-state index < -0.39 is 0 Å². The molecule has 2 aromatic carbocycles. The summed E-state index contributed by atoms with van der Waals surface area (Å²) in [4.78, 5) is 33.0. The van der Waals surface area contributed by atoms with Crippen molar-refractivity contribution in [2.24, 2.45) is 0 Å². The molecule has 4 rings (SSSR count). The van der Waals surface area contributed by atoms with E-state index in [0.717, 1.165) is 16.8 Å². The number of halogens is 1. The van der Waals surface area contributed by atoms with Crippen molar-refractivity contribution in [1.29, 1.82) is 0 Å². The van der Waals surface area contributed by atoms with Crippen LogP contribution in [-0.2, 0) is 4.79 Å². The number of aryl methyl sites for hydroxylation is 2. The van der Waals surface area contributed by atoms with Gasteiger partial charge in [0.15, 0.2) is 16.6 Å². The lowest BCUT2D eigenvalue weighted by Crippen LogP contribution is -2.15. The number of anilines is 1. The van der Waals surface area contributed by atoms with Gasteiger partial charge in [-0.25, -0.2) is 18.9 Å². The van der Waals surface area contributed by atoms with E-state index in [2.05, 4.69) is 20.4 Å². The predicted octanol–water partition coefficient (Wildman–Crippen LogP) is 3.57. The second-order valence-electron chi connectivity index (χ2n) is 6.79. The first-order valence-electron chi connectivity index (χ1n) is 9.15. The zero-order valence-corrected chi connectivity index (χ0v) is 17.1. The molecule has 0 saturated heterocycles. The average molecular weight is 423 g/mol. The van der Waals surface area contributed by atoms with Gasteiger partial charge in [-0.1, -0.05) is 17.8 Å². The molecule has 0 aliphatic heterocycles. The smallest absolute Gasteiger partial charge is 0.266 e. The molecule has 0 radical (unpaired) electrons. The number of hydrogen-bond acceptors (Lipinski definition) is 5. The van der Waals surface area contributed by atoms with Crippen LogP contribution in [0.5, 0.6) is 0 Å². The van der Waals surface area contributed by atoms with Crippen molar-refractivity contribution in [2.75, 3.05) is 11.1 Å². The first-order valence-corrected chi connectivity index (χ1v) is 10.1. The molecule has 0 aliphatic rings. The molecule has 30 heavy (non-hydrogen) atoms. The Hall–Kier alpha value is -3.46. The van der Waals surface area contributed by atoms with Gasteiger partial charge in [-0.15, -0.1) is 0 Å². The van der Waals surface area contributed by atoms with Crippen molar-refractivity contribution >= 4 is 29.0 Å². The summed E-state index contributed by atoms with van der Waals surface area (Å²) in [6.07, 6.45) is 0. The zero-order valence-electron chi connectivity index (χ0n) is 16.3. The summed E-state index contributed by atoms with van der Waals surface area (Å²) in [5.74, 6) is -0.142. The largest absolute Gasteiger partial charge is 0.325 e. The van der Waals surface area contributed by atoms with Crippen LogP contribution in [0.1, 0.15) is 11.1 Å². The fourth-order valence-corrected chi connectivity index (χ4v) is 3.61. The van der Waals surface area contributed by atoms with E-state index in [4.69, 9.17) is 0 Å². The van der Waals surface area contributed by atoms with E-state index in [-0.39, 0.29) is 23.0 Å². The van der Waals surface area contributed by atoms with Crippen LogP contribution in [0.4, 0.5) is 10.1 Å². The molecular formula is C21H18FN5O2S. The van der Waals surface area contributed by atoms with Crippen LogP contribution >= 0.6 is 11.8 Å². The molecule has 0 unspecified atom stereocenters. The fraction of sp³-hybridized carbons (Fsp3) is 0.143. The van der Waals surface area contributed by atoms with Crippen molar-refractivity contribution in [1.82, 2.24) is 19.6 Å². The number of thioether (sulfide) groups is 1. The molecule has 0 aliphatic carbocycles. The lowest BCUT2D eigenvalue weighted by atomic mass is 10.1. The summed E-state index contributed by atoms with van der Waals surface area (Å²) >= 11 is 1.17. The molecule has 0 spiro atoms. The molecule has 0 bridgehead atoms. The van der Waals surface area contributed by atoms with E-state index in [1.54, 1.807) is 12.1 Å². The number of hydrogen-bond donors (Lipinski definition) is 2. The maximum Gasteiger partial charge on any atom is 0.266 e. The maximum absolute atomic E-state index is 13.2. The number of rotatable bonds is 5. The van der Waals surface area contributed by atoms with E-state index in [9.17, 15) is 14.0 Å². The van der Waals surface area contributed by atoms with Gasteiger partial charge >= 0.3 is 0 Å². The van der Waals surface area contributed by atoms with Crippen LogP contribution < -0.4 is 10.9 Å². The van der Waals surface area contributed by atoms with Gasteiger partial charge in [0, 0.05) is 17.3 Å². The first-order chi connectivity index (χ1) is 14.4. The Balaban J connectivity index is 1.58. The Bertz CT molecular complexity index is 1300. The first kappa shape index (κ1) is 19.8. The highest BCUT2D eigenvalue weighted by atomic mass is 32.2. The Labute approximate surface area is 175 Å². The second-order valence-corrected chi connectivity index (χ2v) is 7.73. The van der Waals surface area contributed by atoms with Gasteiger partial charge in [-0.2, -0.15) is 0 Å². The van der Waals surface area contributed by atoms with Gasteiger partial charge in [0.05, 0.1) is 5.75 Å². The molecular weight excluding hydrogens is 405 g/mol. The van der Waals surface area contributed by atoms with Crippen LogP contribution in [0, 0.1) is 19.7 Å². The number of benzene rings is 2. The Morgan fingerprint density at radius 1 is 1.10 bits per heavy atom. The van der Waals surface area contributed by atoms with Gasteiger partial charge in [0.25, 0.3) is 5.56 Å². The van der Waals surface area contributed by atoms with Gasteiger partial charge in [0.1, 0.15) is 5.82 Å². The van der Waals surface area contributed by atoms with Crippen LogP contribution in [0.15, 0.2) is 58.5 Å². The molecule has 9 heteroatoms. The van der Waals surface area contributed by atoms with Gasteiger partial charge < -0.3 is 5.32 Å². The predicted molar refractivity (Wildman–Crippen MR) is 114 cm³/mol.